The van der Waals surface area contributed by atoms with Gasteiger partial charge in [0.05, 0.1) is 18.6 Å². The Balaban J connectivity index is 1.86. The van der Waals surface area contributed by atoms with Crippen molar-refractivity contribution in [1.29, 1.82) is 0 Å². The number of likely N-dealkylation sites (N-methyl/N-ethyl adjacent to an activating group) is 1. The lowest BCUT2D eigenvalue weighted by atomic mass is 10.3. The molecule has 0 radical (unpaired) electrons. The van der Waals surface area contributed by atoms with Crippen LogP contribution < -0.4 is 4.74 Å². The van der Waals surface area contributed by atoms with E-state index in [9.17, 15) is 8.42 Å². The van der Waals surface area contributed by atoms with Gasteiger partial charge in [-0.15, -0.1) is 0 Å². The van der Waals surface area contributed by atoms with Crippen LogP contribution in [0.25, 0.3) is 0 Å². The van der Waals surface area contributed by atoms with Crippen LogP contribution in [0.15, 0.2) is 12.3 Å². The predicted octanol–water partition coefficient (Wildman–Crippen LogP) is -0.338. The van der Waals surface area contributed by atoms with Gasteiger partial charge in [0.25, 0.3) is 10.1 Å². The average molecular weight is 317 g/mol. The number of ether oxygens (including phenoxy) is 2. The van der Waals surface area contributed by atoms with E-state index >= 15 is 0 Å². The molecule has 1 saturated heterocycles. The van der Waals surface area contributed by atoms with Crippen LogP contribution in [-0.2, 0) is 25.6 Å². The highest BCUT2D eigenvalue weighted by Crippen LogP contribution is 2.08. The molecule has 1 atom stereocenters. The van der Waals surface area contributed by atoms with Gasteiger partial charge < -0.3 is 14.4 Å². The summed E-state index contributed by atoms with van der Waals surface area (Å²) >= 11 is 0. The number of hydrogen-bond acceptors (Lipinski definition) is 8. The van der Waals surface area contributed by atoms with Gasteiger partial charge >= 0.3 is 6.01 Å². The van der Waals surface area contributed by atoms with Gasteiger partial charge in [-0.25, -0.2) is 4.98 Å². The number of nitrogens with zero attached hydrogens (tertiary/aromatic N) is 3. The molecule has 0 unspecified atom stereocenters. The Bertz CT molecular complexity index is 566. The van der Waals surface area contributed by atoms with Crippen LogP contribution in [0.2, 0.25) is 0 Å². The number of hydrogen-bond donors (Lipinski definition) is 0. The van der Waals surface area contributed by atoms with Gasteiger partial charge in [-0.05, 0) is 13.1 Å². The highest BCUT2D eigenvalue weighted by molar-refractivity contribution is 7.85. The Morgan fingerprint density at radius 1 is 1.52 bits per heavy atom. The molecule has 0 aromatic carbocycles. The van der Waals surface area contributed by atoms with Crippen molar-refractivity contribution in [2.75, 3.05) is 39.6 Å². The van der Waals surface area contributed by atoms with E-state index in [1.807, 2.05) is 7.05 Å². The number of rotatable bonds is 6. The smallest absolute Gasteiger partial charge is 0.316 e. The Morgan fingerprint density at radius 2 is 2.33 bits per heavy atom. The summed E-state index contributed by atoms with van der Waals surface area (Å²) in [5.41, 5.74) is 0.437. The molecule has 0 amide bonds. The topological polar surface area (TPSA) is 90.9 Å². The maximum atomic E-state index is 10.9. The van der Waals surface area contributed by atoms with Crippen LogP contribution >= 0.6 is 0 Å². The maximum Gasteiger partial charge on any atom is 0.316 e. The molecule has 2 rings (SSSR count). The largest absolute Gasteiger partial charge is 0.461 e. The highest BCUT2D eigenvalue weighted by Gasteiger charge is 2.18. The second-order valence-corrected chi connectivity index (χ2v) is 6.51. The molecule has 0 spiro atoms. The van der Waals surface area contributed by atoms with Gasteiger partial charge in [0.2, 0.25) is 0 Å². The lowest BCUT2D eigenvalue weighted by Crippen LogP contribution is -2.42. The fraction of sp³-hybridized carbons (Fsp3) is 0.667. The molecule has 1 fully saturated rings. The van der Waals surface area contributed by atoms with Crippen molar-refractivity contribution in [3.8, 4) is 6.01 Å². The standard InChI is InChI=1S/C12H19N3O5S/c1-15-5-6-18-11(7-15)9-19-12-13-4-3-10(14-12)8-20-21(2,16)17/h3-4,11H,5-9H2,1-2H3/t11-/m1/s1. The zero-order valence-corrected chi connectivity index (χ0v) is 12.9. The van der Waals surface area contributed by atoms with E-state index in [4.69, 9.17) is 9.47 Å². The summed E-state index contributed by atoms with van der Waals surface area (Å²) in [5, 5.41) is 0. The highest BCUT2D eigenvalue weighted by atomic mass is 32.2. The first-order valence-corrected chi connectivity index (χ1v) is 8.33. The van der Waals surface area contributed by atoms with Crippen molar-refractivity contribution < 1.29 is 22.1 Å². The number of aromatic nitrogens is 2. The molecule has 2 heterocycles. The summed E-state index contributed by atoms with van der Waals surface area (Å²) in [6.45, 7) is 2.58. The SMILES string of the molecule is CN1CCO[C@@H](COc2nccc(COS(C)(=O)=O)n2)C1. The zero-order chi connectivity index (χ0) is 15.3. The second-order valence-electron chi connectivity index (χ2n) is 4.86. The van der Waals surface area contributed by atoms with Gasteiger partial charge in [0.1, 0.15) is 19.3 Å². The molecule has 0 saturated carbocycles. The molecule has 1 aliphatic heterocycles. The van der Waals surface area contributed by atoms with Crippen molar-refractivity contribution in [2.24, 2.45) is 0 Å². The van der Waals surface area contributed by atoms with E-state index < -0.39 is 10.1 Å². The van der Waals surface area contributed by atoms with Crippen LogP contribution in [0.1, 0.15) is 5.69 Å². The fourth-order valence-electron chi connectivity index (χ4n) is 1.83. The molecular formula is C12H19N3O5S. The van der Waals surface area contributed by atoms with Crippen LogP contribution in [-0.4, -0.2) is 69.0 Å². The lowest BCUT2D eigenvalue weighted by molar-refractivity contribution is -0.0417. The van der Waals surface area contributed by atoms with Crippen molar-refractivity contribution in [1.82, 2.24) is 14.9 Å². The number of morpholine rings is 1. The Morgan fingerprint density at radius 3 is 3.05 bits per heavy atom. The molecular weight excluding hydrogens is 298 g/mol. The third-order valence-corrected chi connectivity index (χ3v) is 3.40. The van der Waals surface area contributed by atoms with E-state index in [1.165, 1.54) is 6.20 Å². The van der Waals surface area contributed by atoms with Crippen LogP contribution in [0.5, 0.6) is 6.01 Å². The first-order valence-electron chi connectivity index (χ1n) is 6.51. The zero-order valence-electron chi connectivity index (χ0n) is 12.1. The predicted molar refractivity (Wildman–Crippen MR) is 74.4 cm³/mol. The average Bonchev–Trinajstić information content (AvgIpc) is 2.43. The monoisotopic (exact) mass is 317 g/mol. The Labute approximate surface area is 124 Å². The molecule has 1 aromatic rings. The molecule has 118 valence electrons. The molecule has 9 heteroatoms. The van der Waals surface area contributed by atoms with Crippen molar-refractivity contribution in [3.05, 3.63) is 18.0 Å². The van der Waals surface area contributed by atoms with E-state index in [-0.39, 0.29) is 18.7 Å². The van der Waals surface area contributed by atoms with E-state index in [2.05, 4.69) is 19.1 Å². The Hall–Kier alpha value is -1.29. The first kappa shape index (κ1) is 16.1. The second kappa shape index (κ2) is 7.12. The minimum absolute atomic E-state index is 0.0247. The van der Waals surface area contributed by atoms with Crippen LogP contribution in [0, 0.1) is 0 Å². The molecule has 0 N–H and O–H groups in total. The molecule has 1 aliphatic rings. The molecule has 21 heavy (non-hydrogen) atoms. The quantitative estimate of drug-likeness (QED) is 0.658. The summed E-state index contributed by atoms with van der Waals surface area (Å²) < 4.78 is 37.6. The summed E-state index contributed by atoms with van der Waals surface area (Å²) in [6, 6.07) is 1.75. The molecule has 0 bridgehead atoms. The van der Waals surface area contributed by atoms with Crippen molar-refractivity contribution in [3.63, 3.8) is 0 Å². The van der Waals surface area contributed by atoms with Crippen LogP contribution in [0.4, 0.5) is 0 Å². The third-order valence-electron chi connectivity index (χ3n) is 2.85. The first-order chi connectivity index (χ1) is 9.92. The summed E-state index contributed by atoms with van der Waals surface area (Å²) in [6.07, 6.45) is 2.46. The van der Waals surface area contributed by atoms with Crippen LogP contribution in [0.3, 0.4) is 0 Å². The molecule has 0 aliphatic carbocycles. The van der Waals surface area contributed by atoms with Gasteiger partial charge in [0, 0.05) is 19.3 Å². The van der Waals surface area contributed by atoms with Gasteiger partial charge in [-0.3, -0.25) is 4.18 Å². The molecule has 1 aromatic heterocycles. The van der Waals surface area contributed by atoms with E-state index in [0.29, 0.717) is 18.9 Å². The normalized spacial score (nSPS) is 20.4. The van der Waals surface area contributed by atoms with Gasteiger partial charge in [-0.2, -0.15) is 13.4 Å². The summed E-state index contributed by atoms with van der Waals surface area (Å²) in [4.78, 5) is 10.2. The minimum atomic E-state index is -3.50. The fourth-order valence-corrected chi connectivity index (χ4v) is 2.16. The van der Waals surface area contributed by atoms with Gasteiger partial charge in [-0.1, -0.05) is 0 Å². The summed E-state index contributed by atoms with van der Waals surface area (Å²) in [7, 11) is -1.47. The maximum absolute atomic E-state index is 10.9. The Kier molecular flexibility index (Phi) is 5.45. The van der Waals surface area contributed by atoms with E-state index in [0.717, 1.165) is 19.3 Å². The van der Waals surface area contributed by atoms with Crippen molar-refractivity contribution in [2.45, 2.75) is 12.7 Å². The molecule has 8 nitrogen and oxygen atoms in total. The van der Waals surface area contributed by atoms with Gasteiger partial charge in [0.15, 0.2) is 0 Å². The van der Waals surface area contributed by atoms with Crippen molar-refractivity contribution >= 4 is 10.1 Å². The minimum Gasteiger partial charge on any atom is -0.461 e. The lowest BCUT2D eigenvalue weighted by Gasteiger charge is -2.29. The third kappa shape index (κ3) is 5.92. The summed E-state index contributed by atoms with van der Waals surface area (Å²) in [5.74, 6) is 0. The van der Waals surface area contributed by atoms with E-state index in [1.54, 1.807) is 6.07 Å².